The minimum Gasteiger partial charge on any atom is -0.465 e. The van der Waals surface area contributed by atoms with Crippen LogP contribution in [0, 0.1) is 0 Å². The fraction of sp³-hybridized carbons (Fsp3) is 0.211. The first-order valence-corrected chi connectivity index (χ1v) is 8.97. The number of carbonyl (C=O) groups is 2. The van der Waals surface area contributed by atoms with E-state index in [1.54, 1.807) is 65.4 Å². The van der Waals surface area contributed by atoms with Gasteiger partial charge < -0.3 is 4.42 Å². The van der Waals surface area contributed by atoms with Crippen molar-refractivity contribution < 1.29 is 14.0 Å². The molecule has 3 rings (SSSR count). The molecular weight excluding hydrogens is 336 g/mol. The lowest BCUT2D eigenvalue weighted by atomic mass is 10.1. The van der Waals surface area contributed by atoms with E-state index in [-0.39, 0.29) is 11.7 Å². The average molecular weight is 354 g/mol. The zero-order valence-electron chi connectivity index (χ0n) is 13.8. The Morgan fingerprint density at radius 2 is 2.04 bits per heavy atom. The molecule has 0 saturated carbocycles. The molecule has 1 aromatic carbocycles. The highest BCUT2D eigenvalue weighted by Crippen LogP contribution is 2.23. The van der Waals surface area contributed by atoms with Crippen LogP contribution in [0.1, 0.15) is 29.5 Å². The van der Waals surface area contributed by atoms with Crippen LogP contribution in [0.5, 0.6) is 0 Å². The van der Waals surface area contributed by atoms with Crippen LogP contribution in [-0.4, -0.2) is 34.1 Å². The lowest BCUT2D eigenvalue weighted by molar-refractivity contribution is -0.122. The highest BCUT2D eigenvalue weighted by Gasteiger charge is 2.22. The molecule has 1 saturated heterocycles. The van der Waals surface area contributed by atoms with E-state index in [1.807, 2.05) is 0 Å². The van der Waals surface area contributed by atoms with Gasteiger partial charge in [0.25, 0.3) is 5.91 Å². The van der Waals surface area contributed by atoms with Crippen molar-refractivity contribution in [3.8, 4) is 0 Å². The molecule has 2 heterocycles. The van der Waals surface area contributed by atoms with Crippen molar-refractivity contribution in [3.05, 3.63) is 60.1 Å². The zero-order valence-corrected chi connectivity index (χ0v) is 14.7. The lowest BCUT2D eigenvalue weighted by Crippen LogP contribution is -2.38. The van der Waals surface area contributed by atoms with Crippen LogP contribution in [0.25, 0.3) is 6.08 Å². The third kappa shape index (κ3) is 4.48. The van der Waals surface area contributed by atoms with Crippen molar-refractivity contribution >= 4 is 40.4 Å². The predicted molar refractivity (Wildman–Crippen MR) is 100 cm³/mol. The largest absolute Gasteiger partial charge is 0.465 e. The number of benzene rings is 1. The lowest BCUT2D eigenvalue weighted by Gasteiger charge is -2.26. The van der Waals surface area contributed by atoms with Gasteiger partial charge in [0.1, 0.15) is 5.76 Å². The smallest absolute Gasteiger partial charge is 0.252 e. The molecule has 0 spiro atoms. The standard InChI is InChI=1S/C19H18N2O3S/c1-14(22)15-5-7-16(8-6-15)20-19-21(11-3-13-25-19)18(23)10-9-17-4-2-12-24-17/h2,4-10,12H,3,11,13H2,1H3. The van der Waals surface area contributed by atoms with Crippen molar-refractivity contribution in [1.29, 1.82) is 0 Å². The summed E-state index contributed by atoms with van der Waals surface area (Å²) in [6.07, 6.45) is 5.64. The van der Waals surface area contributed by atoms with Crippen LogP contribution >= 0.6 is 11.8 Å². The summed E-state index contributed by atoms with van der Waals surface area (Å²) in [6.45, 7) is 2.17. The SMILES string of the molecule is CC(=O)c1ccc(N=C2SCCCN2C(=O)C=Cc2ccco2)cc1. The number of amides is 1. The number of Topliss-reactive ketones (excluding diaryl/α,β-unsaturated/α-hetero) is 1. The number of furan rings is 1. The molecule has 6 heteroatoms. The normalized spacial score (nSPS) is 16.5. The fourth-order valence-corrected chi connectivity index (χ4v) is 3.33. The Bertz CT molecular complexity index is 808. The molecule has 0 unspecified atom stereocenters. The molecule has 128 valence electrons. The zero-order chi connectivity index (χ0) is 17.6. The summed E-state index contributed by atoms with van der Waals surface area (Å²) in [4.78, 5) is 30.1. The molecule has 2 aromatic rings. The van der Waals surface area contributed by atoms with E-state index in [1.165, 1.54) is 13.0 Å². The minimum atomic E-state index is -0.122. The van der Waals surface area contributed by atoms with Gasteiger partial charge in [-0.1, -0.05) is 11.8 Å². The van der Waals surface area contributed by atoms with E-state index in [4.69, 9.17) is 4.42 Å². The Balaban J connectivity index is 1.77. The molecule has 0 radical (unpaired) electrons. The quantitative estimate of drug-likeness (QED) is 0.611. The number of rotatable bonds is 4. The van der Waals surface area contributed by atoms with Crippen LogP contribution in [0.2, 0.25) is 0 Å². The first-order chi connectivity index (χ1) is 12.1. The van der Waals surface area contributed by atoms with Crippen molar-refractivity contribution in [2.75, 3.05) is 12.3 Å². The molecule has 1 aromatic heterocycles. The molecule has 1 fully saturated rings. The highest BCUT2D eigenvalue weighted by molar-refractivity contribution is 8.13. The Morgan fingerprint density at radius 1 is 1.24 bits per heavy atom. The molecule has 0 N–H and O–H groups in total. The Labute approximate surface area is 150 Å². The third-order valence-corrected chi connectivity index (χ3v) is 4.75. The van der Waals surface area contributed by atoms with Gasteiger partial charge >= 0.3 is 0 Å². The number of hydrogen-bond acceptors (Lipinski definition) is 5. The summed E-state index contributed by atoms with van der Waals surface area (Å²) in [6, 6.07) is 10.6. The van der Waals surface area contributed by atoms with Crippen molar-refractivity contribution in [3.63, 3.8) is 0 Å². The van der Waals surface area contributed by atoms with Gasteiger partial charge in [0.05, 0.1) is 12.0 Å². The van der Waals surface area contributed by atoms with E-state index in [9.17, 15) is 9.59 Å². The Hall–Kier alpha value is -2.60. The number of thioether (sulfide) groups is 1. The maximum atomic E-state index is 12.5. The van der Waals surface area contributed by atoms with E-state index >= 15 is 0 Å². The molecule has 25 heavy (non-hydrogen) atoms. The van der Waals surface area contributed by atoms with Gasteiger partial charge in [-0.25, -0.2) is 4.99 Å². The number of hydrogen-bond donors (Lipinski definition) is 0. The number of carbonyl (C=O) groups excluding carboxylic acids is 2. The van der Waals surface area contributed by atoms with E-state index in [2.05, 4.69) is 4.99 Å². The summed E-state index contributed by atoms with van der Waals surface area (Å²) in [5, 5.41) is 0.677. The summed E-state index contributed by atoms with van der Waals surface area (Å²) in [5.41, 5.74) is 1.37. The third-order valence-electron chi connectivity index (χ3n) is 3.69. The molecule has 1 aliphatic rings. The van der Waals surface area contributed by atoms with Gasteiger partial charge in [-0.2, -0.15) is 0 Å². The van der Waals surface area contributed by atoms with Crippen LogP contribution in [0.15, 0.2) is 58.1 Å². The van der Waals surface area contributed by atoms with Crippen LogP contribution in [0.4, 0.5) is 5.69 Å². The van der Waals surface area contributed by atoms with Gasteiger partial charge in [-0.15, -0.1) is 0 Å². The van der Waals surface area contributed by atoms with E-state index in [0.717, 1.165) is 17.9 Å². The topological polar surface area (TPSA) is 62.9 Å². The number of aliphatic imine (C=N–C) groups is 1. The predicted octanol–water partition coefficient (Wildman–Crippen LogP) is 4.15. The second-order valence-electron chi connectivity index (χ2n) is 5.54. The maximum Gasteiger partial charge on any atom is 0.252 e. The molecule has 1 amide bonds. The molecule has 1 aliphatic heterocycles. The van der Waals surface area contributed by atoms with Crippen molar-refractivity contribution in [2.45, 2.75) is 13.3 Å². The first-order valence-electron chi connectivity index (χ1n) is 7.99. The Morgan fingerprint density at radius 3 is 2.72 bits per heavy atom. The number of ketones is 1. The minimum absolute atomic E-state index is 0.0195. The van der Waals surface area contributed by atoms with Gasteiger partial charge in [0.15, 0.2) is 11.0 Å². The van der Waals surface area contributed by atoms with Crippen molar-refractivity contribution in [2.24, 2.45) is 4.99 Å². The maximum absolute atomic E-state index is 12.5. The molecule has 0 bridgehead atoms. The number of amidine groups is 1. The van der Waals surface area contributed by atoms with Crippen LogP contribution < -0.4 is 0 Å². The molecular formula is C19H18N2O3S. The summed E-state index contributed by atoms with van der Waals surface area (Å²) in [5.74, 6) is 1.46. The second kappa shape index (κ2) is 7.98. The van der Waals surface area contributed by atoms with Gasteiger partial charge in [-0.05, 0) is 55.8 Å². The summed E-state index contributed by atoms with van der Waals surface area (Å²) >= 11 is 1.56. The fourth-order valence-electron chi connectivity index (χ4n) is 2.37. The Kier molecular flexibility index (Phi) is 5.50. The average Bonchev–Trinajstić information content (AvgIpc) is 3.14. The van der Waals surface area contributed by atoms with Gasteiger partial charge in [0, 0.05) is 23.9 Å². The monoisotopic (exact) mass is 354 g/mol. The van der Waals surface area contributed by atoms with Gasteiger partial charge in [0.2, 0.25) is 0 Å². The molecule has 0 atom stereocenters. The van der Waals surface area contributed by atoms with E-state index < -0.39 is 0 Å². The molecule has 0 aliphatic carbocycles. The van der Waals surface area contributed by atoms with E-state index in [0.29, 0.717) is 23.0 Å². The summed E-state index contributed by atoms with van der Waals surface area (Å²) in [7, 11) is 0. The molecule has 5 nitrogen and oxygen atoms in total. The van der Waals surface area contributed by atoms with Crippen LogP contribution in [0.3, 0.4) is 0 Å². The first kappa shape index (κ1) is 17.2. The highest BCUT2D eigenvalue weighted by atomic mass is 32.2. The second-order valence-corrected chi connectivity index (χ2v) is 6.60. The van der Waals surface area contributed by atoms with Gasteiger partial charge in [-0.3, -0.25) is 14.5 Å². The summed E-state index contributed by atoms with van der Waals surface area (Å²) < 4.78 is 5.20. The van der Waals surface area contributed by atoms with Crippen LogP contribution in [-0.2, 0) is 4.79 Å². The van der Waals surface area contributed by atoms with Crippen molar-refractivity contribution in [1.82, 2.24) is 4.90 Å². The number of nitrogens with zero attached hydrogens (tertiary/aromatic N) is 2.